The van der Waals surface area contributed by atoms with Gasteiger partial charge in [0, 0.05) is 19.1 Å². The number of carbonyl (C=O) groups is 2. The van der Waals surface area contributed by atoms with E-state index in [2.05, 4.69) is 4.18 Å². The minimum absolute atomic E-state index is 0.190. The largest absolute Gasteiger partial charge is 0.449 e. The highest BCUT2D eigenvalue weighted by molar-refractivity contribution is 7.84. The Morgan fingerprint density at radius 3 is 1.77 bits per heavy atom. The van der Waals surface area contributed by atoms with Crippen LogP contribution in [0.1, 0.15) is 46.0 Å². The Morgan fingerprint density at radius 1 is 0.909 bits per heavy atom. The first-order chi connectivity index (χ1) is 10.3. The van der Waals surface area contributed by atoms with Crippen molar-refractivity contribution in [3.63, 3.8) is 0 Å². The first-order valence-corrected chi connectivity index (χ1v) is 9.70. The maximum absolute atomic E-state index is 11.5. The highest BCUT2D eigenvalue weighted by Crippen LogP contribution is 2.08. The van der Waals surface area contributed by atoms with Gasteiger partial charge in [-0.1, -0.05) is 6.42 Å². The van der Waals surface area contributed by atoms with E-state index in [0.717, 1.165) is 0 Å². The Morgan fingerprint density at radius 2 is 1.36 bits per heavy atom. The molecule has 4 unspecified atom stereocenters. The summed E-state index contributed by atoms with van der Waals surface area (Å²) in [6.45, 7) is 3.07. The Bertz CT molecular complexity index is 411. The van der Waals surface area contributed by atoms with Gasteiger partial charge in [-0.3, -0.25) is 18.0 Å². The fraction of sp³-hybridized carbons (Fsp3) is 0.846. The molecule has 0 aliphatic heterocycles. The van der Waals surface area contributed by atoms with E-state index in [1.54, 1.807) is 6.92 Å². The Labute approximate surface area is 136 Å². The van der Waals surface area contributed by atoms with Crippen molar-refractivity contribution >= 4 is 33.8 Å². The van der Waals surface area contributed by atoms with Gasteiger partial charge in [0.05, 0.1) is 17.9 Å². The molecule has 9 heteroatoms. The number of esters is 2. The molecule has 0 rings (SSSR count). The van der Waals surface area contributed by atoms with E-state index in [0.29, 0.717) is 19.3 Å². The molecule has 0 radical (unpaired) electrons. The third-order valence-electron chi connectivity index (χ3n) is 2.76. The van der Waals surface area contributed by atoms with Crippen LogP contribution in [0.2, 0.25) is 0 Å². The molecule has 0 aromatic rings. The minimum atomic E-state index is -1.65. The summed E-state index contributed by atoms with van der Waals surface area (Å²) in [4.78, 5) is 22.9. The topological polar surface area (TPSA) is 96.0 Å². The molecule has 0 aromatic carbocycles. The van der Waals surface area contributed by atoms with E-state index < -0.39 is 44.7 Å². The molecule has 0 aromatic heterocycles. The fourth-order valence-electron chi connectivity index (χ4n) is 1.45. The minimum Gasteiger partial charge on any atom is -0.449 e. The number of rotatable bonds is 11. The third-order valence-corrected chi connectivity index (χ3v) is 4.76. The number of hydrogen-bond acceptors (Lipinski definition) is 7. The molecule has 0 aliphatic carbocycles. The third kappa shape index (κ3) is 10.0. The lowest BCUT2D eigenvalue weighted by Gasteiger charge is -2.11. The summed E-state index contributed by atoms with van der Waals surface area (Å²) in [5.41, 5.74) is -1.41. The van der Waals surface area contributed by atoms with Crippen LogP contribution >= 0.6 is 0 Å². The summed E-state index contributed by atoms with van der Waals surface area (Å²) in [6, 6.07) is 0. The van der Waals surface area contributed by atoms with Gasteiger partial charge in [-0.15, -0.1) is 0 Å². The highest BCUT2D eigenvalue weighted by Gasteiger charge is 2.16. The van der Waals surface area contributed by atoms with Crippen LogP contribution in [0.3, 0.4) is 0 Å². The summed E-state index contributed by atoms with van der Waals surface area (Å²) in [6.07, 6.45) is 3.69. The smallest absolute Gasteiger partial charge is 0.307 e. The lowest BCUT2D eigenvalue weighted by Crippen LogP contribution is -2.20. The molecule has 7 nitrogen and oxygen atoms in total. The summed E-state index contributed by atoms with van der Waals surface area (Å²) in [5.74, 6) is -0.843. The van der Waals surface area contributed by atoms with Gasteiger partial charge in [-0.2, -0.15) is 0 Å². The Balaban J connectivity index is 3.72. The molecule has 0 aliphatic rings. The summed E-state index contributed by atoms with van der Waals surface area (Å²) in [7, 11) is 0.0763. The van der Waals surface area contributed by atoms with E-state index >= 15 is 0 Å². The molecule has 0 fully saturated rings. The van der Waals surface area contributed by atoms with Crippen LogP contribution < -0.4 is 0 Å². The normalized spacial score (nSPS) is 16.4. The van der Waals surface area contributed by atoms with Gasteiger partial charge in [-0.05, 0) is 26.7 Å². The van der Waals surface area contributed by atoms with Crippen LogP contribution in [0.25, 0.3) is 0 Å². The standard InChI is InChI=1S/C13H24O7S2/c1-10(21(4)16)19-12(14)8-6-5-7-9-13(15)20-11(2)22(17)18-3/h10-11H,5-9H2,1-4H3. The zero-order chi connectivity index (χ0) is 17.1. The second kappa shape index (κ2) is 11.7. The lowest BCUT2D eigenvalue weighted by atomic mass is 10.1. The first kappa shape index (κ1) is 21.2. The van der Waals surface area contributed by atoms with E-state index in [4.69, 9.17) is 9.47 Å². The molecule has 4 atom stereocenters. The molecule has 22 heavy (non-hydrogen) atoms. The molecule has 0 N–H and O–H groups in total. The quantitative estimate of drug-likeness (QED) is 0.408. The molecule has 0 bridgehead atoms. The fourth-order valence-corrected chi connectivity index (χ4v) is 2.15. The average Bonchev–Trinajstić information content (AvgIpc) is 2.45. The highest BCUT2D eigenvalue weighted by atomic mass is 32.2. The second-order valence-corrected chi connectivity index (χ2v) is 7.78. The predicted octanol–water partition coefficient (Wildman–Crippen LogP) is 1.40. The maximum Gasteiger partial charge on any atom is 0.307 e. The van der Waals surface area contributed by atoms with Crippen molar-refractivity contribution in [1.82, 2.24) is 0 Å². The van der Waals surface area contributed by atoms with E-state index in [-0.39, 0.29) is 12.8 Å². The van der Waals surface area contributed by atoms with E-state index in [1.807, 2.05) is 0 Å². The number of hydrogen-bond donors (Lipinski definition) is 0. The van der Waals surface area contributed by atoms with Crippen molar-refractivity contribution in [3.05, 3.63) is 0 Å². The zero-order valence-corrected chi connectivity index (χ0v) is 15.0. The first-order valence-electron chi connectivity index (χ1n) is 6.94. The van der Waals surface area contributed by atoms with Gasteiger partial charge in [0.1, 0.15) is 0 Å². The van der Waals surface area contributed by atoms with Gasteiger partial charge in [0.2, 0.25) is 0 Å². The molecule has 0 saturated carbocycles. The Hall–Kier alpha value is -0.800. The van der Waals surface area contributed by atoms with Crippen LogP contribution in [0.15, 0.2) is 0 Å². The van der Waals surface area contributed by atoms with Gasteiger partial charge in [-0.25, -0.2) is 4.21 Å². The molecule has 0 saturated heterocycles. The van der Waals surface area contributed by atoms with Crippen molar-refractivity contribution < 1.29 is 31.7 Å². The molecule has 0 heterocycles. The Kier molecular flexibility index (Phi) is 11.3. The molecule has 130 valence electrons. The monoisotopic (exact) mass is 356 g/mol. The van der Waals surface area contributed by atoms with Crippen molar-refractivity contribution in [2.75, 3.05) is 13.4 Å². The number of carbonyl (C=O) groups excluding carboxylic acids is 2. The van der Waals surface area contributed by atoms with Crippen LogP contribution in [0.4, 0.5) is 0 Å². The number of ether oxygens (including phenoxy) is 2. The van der Waals surface area contributed by atoms with Crippen LogP contribution in [-0.2, 0) is 45.1 Å². The summed E-state index contributed by atoms with van der Waals surface area (Å²) < 4.78 is 36.6. The van der Waals surface area contributed by atoms with Crippen LogP contribution in [0, 0.1) is 0 Å². The lowest BCUT2D eigenvalue weighted by molar-refractivity contribution is -0.145. The predicted molar refractivity (Wildman–Crippen MR) is 83.4 cm³/mol. The van der Waals surface area contributed by atoms with Crippen LogP contribution in [-0.4, -0.2) is 44.6 Å². The van der Waals surface area contributed by atoms with E-state index in [9.17, 15) is 18.0 Å². The molecule has 0 amide bonds. The second-order valence-electron chi connectivity index (χ2n) is 4.60. The maximum atomic E-state index is 11.5. The van der Waals surface area contributed by atoms with Crippen molar-refractivity contribution in [2.45, 2.75) is 56.8 Å². The van der Waals surface area contributed by atoms with Gasteiger partial charge >= 0.3 is 11.9 Å². The number of unbranched alkanes of at least 4 members (excludes halogenated alkanes) is 2. The van der Waals surface area contributed by atoms with Gasteiger partial charge in [0.25, 0.3) is 0 Å². The molecular formula is C13H24O7S2. The molecule has 0 spiro atoms. The average molecular weight is 356 g/mol. The van der Waals surface area contributed by atoms with Crippen LogP contribution in [0.5, 0.6) is 0 Å². The van der Waals surface area contributed by atoms with Crippen molar-refractivity contribution in [1.29, 1.82) is 0 Å². The van der Waals surface area contributed by atoms with E-state index in [1.165, 1.54) is 20.3 Å². The molecular weight excluding hydrogens is 332 g/mol. The summed E-state index contributed by atoms with van der Waals surface area (Å²) >= 11 is -1.65. The SMILES string of the molecule is COS(=O)C(C)OC(=O)CCCCCC(=O)OC(C)S(C)=O. The summed E-state index contributed by atoms with van der Waals surface area (Å²) in [5, 5.41) is 0. The van der Waals surface area contributed by atoms with Gasteiger partial charge in [0.15, 0.2) is 22.0 Å². The van der Waals surface area contributed by atoms with Crippen molar-refractivity contribution in [3.8, 4) is 0 Å². The van der Waals surface area contributed by atoms with Gasteiger partial charge < -0.3 is 9.47 Å². The zero-order valence-electron chi connectivity index (χ0n) is 13.4. The van der Waals surface area contributed by atoms with Crippen molar-refractivity contribution in [2.24, 2.45) is 0 Å².